The Balaban J connectivity index is 1.71. The van der Waals surface area contributed by atoms with E-state index >= 15 is 0 Å². The maximum atomic E-state index is 12.8. The molecule has 1 unspecified atom stereocenters. The molecule has 5 rings (SSSR count). The van der Waals surface area contributed by atoms with E-state index in [2.05, 4.69) is 0 Å². The molecule has 1 aliphatic carbocycles. The third-order valence-electron chi connectivity index (χ3n) is 5.35. The molecule has 1 aromatic carbocycles. The van der Waals surface area contributed by atoms with Gasteiger partial charge in [-0.05, 0) is 42.0 Å². The van der Waals surface area contributed by atoms with E-state index in [1.54, 1.807) is 4.90 Å². The molecule has 2 fully saturated rings. The minimum absolute atomic E-state index is 0.0911. The molecule has 0 radical (unpaired) electrons. The summed E-state index contributed by atoms with van der Waals surface area (Å²) in [6.07, 6.45) is 2.33. The molecule has 0 spiro atoms. The first kappa shape index (κ1) is 11.6. The Morgan fingerprint density at radius 1 is 1.10 bits per heavy atom. The maximum Gasteiger partial charge on any atom is 0.231 e. The lowest BCUT2D eigenvalue weighted by molar-refractivity contribution is -0.136. The lowest BCUT2D eigenvalue weighted by Crippen LogP contribution is -2.43. The van der Waals surface area contributed by atoms with Gasteiger partial charge in [0.1, 0.15) is 0 Å². The highest BCUT2D eigenvalue weighted by molar-refractivity contribution is 5.98. The molecular formula is C16H15NO4. The predicted octanol–water partition coefficient (Wildman–Crippen LogP) is 1.59. The van der Waals surface area contributed by atoms with Gasteiger partial charge in [0.05, 0.1) is 6.04 Å². The molecule has 1 aromatic rings. The quantitative estimate of drug-likeness (QED) is 0.726. The first-order valence-corrected chi connectivity index (χ1v) is 7.48. The van der Waals surface area contributed by atoms with Gasteiger partial charge in [-0.1, -0.05) is 0 Å². The number of rotatable bonds is 0. The van der Waals surface area contributed by atoms with E-state index in [1.807, 2.05) is 12.1 Å². The van der Waals surface area contributed by atoms with Gasteiger partial charge in [-0.2, -0.15) is 0 Å². The first-order chi connectivity index (χ1) is 10.2. The molecule has 1 saturated heterocycles. The van der Waals surface area contributed by atoms with E-state index < -0.39 is 0 Å². The fourth-order valence-corrected chi connectivity index (χ4v) is 4.38. The number of carbonyl (C=O) groups is 2. The maximum absolute atomic E-state index is 12.8. The topological polar surface area (TPSA) is 55.8 Å². The van der Waals surface area contributed by atoms with Gasteiger partial charge in [-0.3, -0.25) is 9.59 Å². The predicted molar refractivity (Wildman–Crippen MR) is 72.0 cm³/mol. The van der Waals surface area contributed by atoms with Crippen LogP contribution in [0.2, 0.25) is 0 Å². The average Bonchev–Trinajstić information content (AvgIpc) is 3.02. The summed E-state index contributed by atoms with van der Waals surface area (Å²) in [6.45, 7) is 0.748. The summed E-state index contributed by atoms with van der Waals surface area (Å²) in [5.74, 6) is 1.90. The van der Waals surface area contributed by atoms with Crippen molar-refractivity contribution in [2.45, 2.75) is 37.8 Å². The van der Waals surface area contributed by atoms with Crippen molar-refractivity contribution in [3.05, 3.63) is 23.3 Å². The number of carbonyl (C=O) groups excluding carboxylic acids is 2. The van der Waals surface area contributed by atoms with E-state index in [9.17, 15) is 9.59 Å². The molecular weight excluding hydrogens is 270 g/mol. The van der Waals surface area contributed by atoms with Crippen molar-refractivity contribution in [3.8, 4) is 11.5 Å². The van der Waals surface area contributed by atoms with E-state index in [0.717, 1.165) is 35.5 Å². The number of ketones is 1. The summed E-state index contributed by atoms with van der Waals surface area (Å²) in [5, 5.41) is 0. The SMILES string of the molecule is O=C1C2CC[C@@H]3CC(=O)N(Cc4cc5c(cc42)OCO5)[C@H]13. The minimum atomic E-state index is -0.208. The Morgan fingerprint density at radius 2 is 1.90 bits per heavy atom. The average molecular weight is 285 g/mol. The molecule has 2 bridgehead atoms. The molecule has 3 heterocycles. The summed E-state index contributed by atoms with van der Waals surface area (Å²) < 4.78 is 10.9. The van der Waals surface area contributed by atoms with Crippen LogP contribution in [-0.4, -0.2) is 29.4 Å². The van der Waals surface area contributed by atoms with Crippen molar-refractivity contribution in [3.63, 3.8) is 0 Å². The third-order valence-corrected chi connectivity index (χ3v) is 5.35. The largest absolute Gasteiger partial charge is 0.454 e. The van der Waals surface area contributed by atoms with Gasteiger partial charge in [-0.25, -0.2) is 0 Å². The second-order valence-electron chi connectivity index (χ2n) is 6.37. The number of ether oxygens (including phenoxy) is 2. The number of nitrogens with zero attached hydrogens (tertiary/aromatic N) is 1. The van der Waals surface area contributed by atoms with Gasteiger partial charge in [0, 0.05) is 18.9 Å². The summed E-state index contributed by atoms with van der Waals surface area (Å²) in [5.41, 5.74) is 2.07. The van der Waals surface area contributed by atoms with E-state index in [1.165, 1.54) is 0 Å². The van der Waals surface area contributed by atoms with Crippen LogP contribution < -0.4 is 9.47 Å². The Hall–Kier alpha value is -2.04. The number of amides is 1. The summed E-state index contributed by atoms with van der Waals surface area (Å²) in [7, 11) is 0. The van der Waals surface area contributed by atoms with E-state index in [0.29, 0.717) is 13.0 Å². The molecule has 1 amide bonds. The Morgan fingerprint density at radius 3 is 2.76 bits per heavy atom. The molecule has 3 atom stereocenters. The molecule has 0 aromatic heterocycles. The molecule has 1 saturated carbocycles. The zero-order chi connectivity index (χ0) is 14.1. The number of Topliss-reactive ketones (excluding diaryl/α,β-unsaturated/α-hetero) is 1. The lowest BCUT2D eigenvalue weighted by atomic mass is 9.75. The fourth-order valence-electron chi connectivity index (χ4n) is 4.38. The van der Waals surface area contributed by atoms with E-state index in [-0.39, 0.29) is 36.4 Å². The van der Waals surface area contributed by atoms with Crippen LogP contribution in [0.15, 0.2) is 12.1 Å². The van der Waals surface area contributed by atoms with Crippen LogP contribution >= 0.6 is 0 Å². The lowest BCUT2D eigenvalue weighted by Gasteiger charge is -2.31. The molecule has 3 aliphatic heterocycles. The molecule has 108 valence electrons. The monoisotopic (exact) mass is 285 g/mol. The molecule has 4 aliphatic rings. The summed E-state index contributed by atoms with van der Waals surface area (Å²) in [6, 6.07) is 3.69. The van der Waals surface area contributed by atoms with Crippen LogP contribution in [-0.2, 0) is 16.1 Å². The van der Waals surface area contributed by atoms with Crippen molar-refractivity contribution in [1.82, 2.24) is 4.90 Å². The first-order valence-electron chi connectivity index (χ1n) is 7.48. The number of hydrogen-bond donors (Lipinski definition) is 0. The van der Waals surface area contributed by atoms with Gasteiger partial charge < -0.3 is 14.4 Å². The van der Waals surface area contributed by atoms with Crippen LogP contribution in [0.5, 0.6) is 11.5 Å². The van der Waals surface area contributed by atoms with Crippen molar-refractivity contribution in [2.24, 2.45) is 5.92 Å². The van der Waals surface area contributed by atoms with Crippen molar-refractivity contribution in [1.29, 1.82) is 0 Å². The highest BCUT2D eigenvalue weighted by Gasteiger charge is 2.51. The number of benzene rings is 1. The van der Waals surface area contributed by atoms with Gasteiger partial charge >= 0.3 is 0 Å². The van der Waals surface area contributed by atoms with Crippen LogP contribution in [0, 0.1) is 5.92 Å². The highest BCUT2D eigenvalue weighted by Crippen LogP contribution is 2.48. The van der Waals surface area contributed by atoms with Crippen molar-refractivity contribution < 1.29 is 19.1 Å². The number of hydrogen-bond acceptors (Lipinski definition) is 4. The Bertz CT molecular complexity index is 683. The van der Waals surface area contributed by atoms with Crippen LogP contribution in [0.4, 0.5) is 0 Å². The van der Waals surface area contributed by atoms with Crippen LogP contribution in [0.1, 0.15) is 36.3 Å². The Kier molecular flexibility index (Phi) is 2.09. The van der Waals surface area contributed by atoms with E-state index in [4.69, 9.17) is 9.47 Å². The summed E-state index contributed by atoms with van der Waals surface area (Å²) in [4.78, 5) is 26.9. The van der Waals surface area contributed by atoms with Crippen molar-refractivity contribution in [2.75, 3.05) is 6.79 Å². The second-order valence-corrected chi connectivity index (χ2v) is 6.37. The van der Waals surface area contributed by atoms with Crippen LogP contribution in [0.25, 0.3) is 0 Å². The zero-order valence-electron chi connectivity index (χ0n) is 11.5. The third kappa shape index (κ3) is 1.41. The normalized spacial score (nSPS) is 32.2. The van der Waals surface area contributed by atoms with Crippen molar-refractivity contribution >= 4 is 11.7 Å². The summed E-state index contributed by atoms with van der Waals surface area (Å²) >= 11 is 0. The fraction of sp³-hybridized carbons (Fsp3) is 0.500. The Labute approximate surface area is 121 Å². The standard InChI is InChI=1S/C16H15NO4/c18-14-4-8-1-2-10-11-5-13-12(20-7-21-13)3-9(11)6-17(14)15(8)16(10)19/h3,5,8,10,15H,1-2,4,6-7H2/t8-,10?,15+/m1/s1. The molecule has 5 nitrogen and oxygen atoms in total. The smallest absolute Gasteiger partial charge is 0.231 e. The van der Waals surface area contributed by atoms with Gasteiger partial charge in [0.25, 0.3) is 0 Å². The van der Waals surface area contributed by atoms with Gasteiger partial charge in [0.15, 0.2) is 17.3 Å². The van der Waals surface area contributed by atoms with Crippen LogP contribution in [0.3, 0.4) is 0 Å². The van der Waals surface area contributed by atoms with Gasteiger partial charge in [-0.15, -0.1) is 0 Å². The highest BCUT2D eigenvalue weighted by atomic mass is 16.7. The zero-order valence-corrected chi connectivity index (χ0v) is 11.5. The molecule has 21 heavy (non-hydrogen) atoms. The van der Waals surface area contributed by atoms with Gasteiger partial charge in [0.2, 0.25) is 12.7 Å². The minimum Gasteiger partial charge on any atom is -0.454 e. The number of fused-ring (bicyclic) bond motifs is 4. The second kappa shape index (κ2) is 3.78. The molecule has 5 heteroatoms. The molecule has 0 N–H and O–H groups in total.